The van der Waals surface area contributed by atoms with Crippen molar-refractivity contribution in [1.29, 1.82) is 5.41 Å². The molecule has 0 fully saturated rings. The Balaban J connectivity index is 4.75. The molecule has 0 atom stereocenters. The standard InChI is InChI=1S/C11H18N4O3/c1-5-6-7-13-10(16)15(9(12)18-4)11(17)14-8(2)3/h8,12H,7H2,1-4H3,(H,13,16)(H,14,17). The molecule has 7 nitrogen and oxygen atoms in total. The van der Waals surface area contributed by atoms with Crippen molar-refractivity contribution in [1.82, 2.24) is 15.5 Å². The van der Waals surface area contributed by atoms with Gasteiger partial charge in [-0.1, -0.05) is 5.92 Å². The Morgan fingerprint density at radius 1 is 1.39 bits per heavy atom. The van der Waals surface area contributed by atoms with E-state index < -0.39 is 18.1 Å². The first-order chi connectivity index (χ1) is 8.43. The predicted molar refractivity (Wildman–Crippen MR) is 67.1 cm³/mol. The van der Waals surface area contributed by atoms with Crippen molar-refractivity contribution in [3.05, 3.63) is 0 Å². The maximum Gasteiger partial charge on any atom is 0.334 e. The number of methoxy groups -OCH3 is 1. The average molecular weight is 254 g/mol. The lowest BCUT2D eigenvalue weighted by molar-refractivity contribution is 0.193. The highest BCUT2D eigenvalue weighted by Crippen LogP contribution is 1.95. The molecule has 3 N–H and O–H groups in total. The van der Waals surface area contributed by atoms with Crippen LogP contribution in [0.4, 0.5) is 9.59 Å². The number of hydrogen-bond donors (Lipinski definition) is 3. The number of nitrogens with one attached hydrogen (secondary N) is 3. The SMILES string of the molecule is CC#CCNC(=O)N(C(=N)OC)C(=O)NC(C)C. The first kappa shape index (κ1) is 15.8. The Kier molecular flexibility index (Phi) is 6.96. The summed E-state index contributed by atoms with van der Waals surface area (Å²) >= 11 is 0. The Hall–Kier alpha value is -2.23. The average Bonchev–Trinajstić information content (AvgIpc) is 2.28. The maximum absolute atomic E-state index is 11.7. The van der Waals surface area contributed by atoms with Crippen molar-refractivity contribution in [3.63, 3.8) is 0 Å². The van der Waals surface area contributed by atoms with E-state index in [1.165, 1.54) is 7.11 Å². The van der Waals surface area contributed by atoms with E-state index in [9.17, 15) is 9.59 Å². The second-order valence-electron chi connectivity index (χ2n) is 3.53. The minimum Gasteiger partial charge on any atom is -0.468 e. The van der Waals surface area contributed by atoms with Crippen molar-refractivity contribution in [2.75, 3.05) is 13.7 Å². The van der Waals surface area contributed by atoms with E-state index in [0.717, 1.165) is 0 Å². The van der Waals surface area contributed by atoms with E-state index in [2.05, 4.69) is 27.2 Å². The summed E-state index contributed by atoms with van der Waals surface area (Å²) in [6, 6.07) is -2.20. The summed E-state index contributed by atoms with van der Waals surface area (Å²) in [5, 5.41) is 12.3. The Bertz CT molecular complexity index is 381. The van der Waals surface area contributed by atoms with Crippen LogP contribution >= 0.6 is 0 Å². The third-order valence-electron chi connectivity index (χ3n) is 1.72. The fraction of sp³-hybridized carbons (Fsp3) is 0.545. The van der Waals surface area contributed by atoms with Crippen LogP contribution < -0.4 is 10.6 Å². The fourth-order valence-corrected chi connectivity index (χ4v) is 0.967. The number of carbonyl (C=O) groups is 2. The quantitative estimate of drug-likeness (QED) is 0.385. The molecule has 0 heterocycles. The highest BCUT2D eigenvalue weighted by molar-refractivity contribution is 6.08. The summed E-state index contributed by atoms with van der Waals surface area (Å²) in [6.45, 7) is 5.21. The van der Waals surface area contributed by atoms with Crippen LogP contribution in [0.3, 0.4) is 0 Å². The predicted octanol–water partition coefficient (Wildman–Crippen LogP) is 0.720. The molecule has 0 saturated carbocycles. The first-order valence-electron chi connectivity index (χ1n) is 5.34. The van der Waals surface area contributed by atoms with Crippen molar-refractivity contribution in [2.45, 2.75) is 26.8 Å². The van der Waals surface area contributed by atoms with Crippen LogP contribution in [0, 0.1) is 17.3 Å². The highest BCUT2D eigenvalue weighted by Gasteiger charge is 2.26. The summed E-state index contributed by atoms with van der Waals surface area (Å²) in [5.41, 5.74) is 0. The fourth-order valence-electron chi connectivity index (χ4n) is 0.967. The number of nitrogens with zero attached hydrogens (tertiary/aromatic N) is 1. The van der Waals surface area contributed by atoms with Gasteiger partial charge in [0.2, 0.25) is 0 Å². The van der Waals surface area contributed by atoms with Gasteiger partial charge in [0.05, 0.1) is 13.7 Å². The maximum atomic E-state index is 11.7. The van der Waals surface area contributed by atoms with Crippen LogP contribution in [0.5, 0.6) is 0 Å². The lowest BCUT2D eigenvalue weighted by atomic mass is 10.4. The van der Waals surface area contributed by atoms with Gasteiger partial charge in [-0.2, -0.15) is 4.90 Å². The van der Waals surface area contributed by atoms with E-state index in [4.69, 9.17) is 5.41 Å². The molecule has 0 aliphatic carbocycles. The minimum atomic E-state index is -0.761. The van der Waals surface area contributed by atoms with Crippen LogP contribution in [-0.4, -0.2) is 42.7 Å². The van der Waals surface area contributed by atoms with Crippen LogP contribution in [0.1, 0.15) is 20.8 Å². The zero-order valence-corrected chi connectivity index (χ0v) is 11.0. The molecule has 0 aromatic rings. The Labute approximate surface area is 106 Å². The second kappa shape index (κ2) is 7.95. The van der Waals surface area contributed by atoms with E-state index in [1.54, 1.807) is 20.8 Å². The normalized spacial score (nSPS) is 8.94. The Morgan fingerprint density at radius 3 is 2.44 bits per heavy atom. The minimum absolute atomic E-state index is 0.0950. The van der Waals surface area contributed by atoms with Crippen LogP contribution in [0.2, 0.25) is 0 Å². The first-order valence-corrected chi connectivity index (χ1v) is 5.34. The molecule has 0 aliphatic heterocycles. The molecule has 0 bridgehead atoms. The molecule has 100 valence electrons. The van der Waals surface area contributed by atoms with Gasteiger partial charge in [-0.05, 0) is 20.8 Å². The number of rotatable bonds is 2. The van der Waals surface area contributed by atoms with E-state index >= 15 is 0 Å². The third kappa shape index (κ3) is 5.21. The number of hydrogen-bond acceptors (Lipinski definition) is 4. The number of amides is 4. The molecule has 0 spiro atoms. The van der Waals surface area contributed by atoms with Crippen LogP contribution in [0.25, 0.3) is 0 Å². The highest BCUT2D eigenvalue weighted by atomic mass is 16.5. The van der Waals surface area contributed by atoms with Crippen molar-refractivity contribution in [3.8, 4) is 11.8 Å². The number of ether oxygens (including phenoxy) is 1. The molecule has 0 aliphatic rings. The van der Waals surface area contributed by atoms with Crippen LogP contribution in [-0.2, 0) is 4.74 Å². The van der Waals surface area contributed by atoms with Gasteiger partial charge in [0.25, 0.3) is 0 Å². The van der Waals surface area contributed by atoms with Crippen molar-refractivity contribution >= 4 is 18.1 Å². The lowest BCUT2D eigenvalue weighted by Gasteiger charge is -2.21. The molecule has 0 unspecified atom stereocenters. The number of urea groups is 2. The number of amidine groups is 1. The molecule has 0 aromatic carbocycles. The number of carbonyl (C=O) groups excluding carboxylic acids is 2. The summed E-state index contributed by atoms with van der Waals surface area (Å²) in [7, 11) is 1.21. The molecule has 7 heteroatoms. The van der Waals surface area contributed by atoms with Gasteiger partial charge in [-0.25, -0.2) is 9.59 Å². The zero-order chi connectivity index (χ0) is 14.1. The molecule has 0 aromatic heterocycles. The molecule has 0 rings (SSSR count). The van der Waals surface area contributed by atoms with E-state index in [0.29, 0.717) is 4.90 Å². The second-order valence-corrected chi connectivity index (χ2v) is 3.53. The van der Waals surface area contributed by atoms with Gasteiger partial charge in [0.15, 0.2) is 0 Å². The molecule has 0 radical (unpaired) electrons. The lowest BCUT2D eigenvalue weighted by Crippen LogP contribution is -2.53. The summed E-state index contributed by atoms with van der Waals surface area (Å²) in [4.78, 5) is 24.0. The zero-order valence-electron chi connectivity index (χ0n) is 11.0. The van der Waals surface area contributed by atoms with Gasteiger partial charge < -0.3 is 15.4 Å². The third-order valence-corrected chi connectivity index (χ3v) is 1.72. The molecular weight excluding hydrogens is 236 g/mol. The van der Waals surface area contributed by atoms with Gasteiger partial charge in [-0.3, -0.25) is 5.41 Å². The van der Waals surface area contributed by atoms with Gasteiger partial charge >= 0.3 is 18.1 Å². The monoisotopic (exact) mass is 254 g/mol. The van der Waals surface area contributed by atoms with Gasteiger partial charge in [0, 0.05) is 6.04 Å². The largest absolute Gasteiger partial charge is 0.468 e. The van der Waals surface area contributed by atoms with Crippen LogP contribution in [0.15, 0.2) is 0 Å². The molecule has 4 amide bonds. The summed E-state index contributed by atoms with van der Waals surface area (Å²) in [6.07, 6.45) is 0. The van der Waals surface area contributed by atoms with E-state index in [-0.39, 0.29) is 12.6 Å². The topological polar surface area (TPSA) is 94.5 Å². The van der Waals surface area contributed by atoms with Crippen molar-refractivity contribution in [2.24, 2.45) is 0 Å². The molecule has 18 heavy (non-hydrogen) atoms. The molecule has 0 saturated heterocycles. The van der Waals surface area contributed by atoms with E-state index in [1.807, 2.05) is 0 Å². The summed E-state index contributed by atoms with van der Waals surface area (Å²) in [5.74, 6) is 5.22. The van der Waals surface area contributed by atoms with Gasteiger partial charge in [0.1, 0.15) is 0 Å². The van der Waals surface area contributed by atoms with Crippen molar-refractivity contribution < 1.29 is 14.3 Å². The molecular formula is C11H18N4O3. The van der Waals surface area contributed by atoms with Gasteiger partial charge in [-0.15, -0.1) is 5.92 Å². The number of imide groups is 1. The summed E-state index contributed by atoms with van der Waals surface area (Å²) < 4.78 is 4.59. The Morgan fingerprint density at radius 2 is 2.00 bits per heavy atom. The smallest absolute Gasteiger partial charge is 0.334 e.